The molecule has 0 saturated carbocycles. The summed E-state index contributed by atoms with van der Waals surface area (Å²) in [6.07, 6.45) is 7.65. The van der Waals surface area contributed by atoms with Gasteiger partial charge in [-0.05, 0) is 19.3 Å². The number of nitrogens with one attached hydrogen (secondary N) is 3. The molecule has 1 fully saturated rings. The van der Waals surface area contributed by atoms with Crippen molar-refractivity contribution in [2.45, 2.75) is 89.8 Å². The Morgan fingerprint density at radius 2 is 1.84 bits per heavy atom. The van der Waals surface area contributed by atoms with Crippen LogP contribution in [0.2, 0.25) is 0 Å². The van der Waals surface area contributed by atoms with Crippen LogP contribution in [-0.4, -0.2) is 41.1 Å². The molecule has 1 unspecified atom stereocenters. The zero-order chi connectivity index (χ0) is 18.7. The molecule has 7 heteroatoms. The molecule has 144 valence electrons. The number of hydrogen-bond donors (Lipinski definition) is 4. The molecule has 1 heterocycles. The second-order valence-electron chi connectivity index (χ2n) is 6.75. The van der Waals surface area contributed by atoms with Crippen LogP contribution in [0.1, 0.15) is 78.1 Å². The number of carbonyl (C=O) groups excluding carboxylic acids is 3. The fourth-order valence-electron chi connectivity index (χ4n) is 2.91. The van der Waals surface area contributed by atoms with Gasteiger partial charge in [-0.15, -0.1) is 0 Å². The van der Waals surface area contributed by atoms with Gasteiger partial charge in [0, 0.05) is 19.4 Å². The van der Waals surface area contributed by atoms with Crippen LogP contribution in [0.4, 0.5) is 0 Å². The Morgan fingerprint density at radius 3 is 2.52 bits per heavy atom. The molecular formula is C18H33N3O4. The molecule has 1 aliphatic rings. The lowest BCUT2D eigenvalue weighted by Crippen LogP contribution is -2.71. The summed E-state index contributed by atoms with van der Waals surface area (Å²) in [6, 6.07) is -0.810. The Labute approximate surface area is 150 Å². The van der Waals surface area contributed by atoms with E-state index in [0.29, 0.717) is 13.0 Å². The van der Waals surface area contributed by atoms with Crippen molar-refractivity contribution in [3.8, 4) is 0 Å². The number of unbranched alkanes of at least 4 members (excludes halogenated alkanes) is 5. The lowest BCUT2D eigenvalue weighted by atomic mass is 9.92. The van der Waals surface area contributed by atoms with Gasteiger partial charge in [-0.2, -0.15) is 0 Å². The Hall–Kier alpha value is -1.63. The summed E-state index contributed by atoms with van der Waals surface area (Å²) >= 11 is 0. The third-order valence-corrected chi connectivity index (χ3v) is 4.50. The Morgan fingerprint density at radius 1 is 1.16 bits per heavy atom. The summed E-state index contributed by atoms with van der Waals surface area (Å²) in [5, 5.41) is 18.4. The maximum atomic E-state index is 12.3. The Kier molecular flexibility index (Phi) is 9.49. The molecule has 0 bridgehead atoms. The molecule has 1 rings (SSSR count). The highest BCUT2D eigenvalue weighted by molar-refractivity contribution is 5.92. The quantitative estimate of drug-likeness (QED) is 0.420. The molecule has 0 aromatic heterocycles. The van der Waals surface area contributed by atoms with Crippen LogP contribution in [0.3, 0.4) is 0 Å². The minimum Gasteiger partial charge on any atom is -0.362 e. The SMILES string of the molecule is CCCCCCCC(=O)N[C@@H]1CCC(=O)NC1(O)C(=O)NCCCC. The van der Waals surface area contributed by atoms with Crippen molar-refractivity contribution < 1.29 is 19.5 Å². The fraction of sp³-hybridized carbons (Fsp3) is 0.833. The van der Waals surface area contributed by atoms with E-state index in [1.54, 1.807) is 0 Å². The van der Waals surface area contributed by atoms with E-state index in [1.165, 1.54) is 0 Å². The largest absolute Gasteiger partial charge is 0.362 e. The summed E-state index contributed by atoms with van der Waals surface area (Å²) in [5.74, 6) is -1.25. The van der Waals surface area contributed by atoms with Gasteiger partial charge in [-0.1, -0.05) is 46.0 Å². The molecule has 0 aromatic rings. The maximum absolute atomic E-state index is 12.3. The van der Waals surface area contributed by atoms with E-state index in [4.69, 9.17) is 0 Å². The topological polar surface area (TPSA) is 108 Å². The molecule has 2 atom stereocenters. The van der Waals surface area contributed by atoms with E-state index in [9.17, 15) is 19.5 Å². The van der Waals surface area contributed by atoms with Crippen molar-refractivity contribution in [2.75, 3.05) is 6.54 Å². The van der Waals surface area contributed by atoms with Crippen LogP contribution < -0.4 is 16.0 Å². The average molecular weight is 355 g/mol. The van der Waals surface area contributed by atoms with Crippen molar-refractivity contribution >= 4 is 17.7 Å². The third-order valence-electron chi connectivity index (χ3n) is 4.50. The number of hydrogen-bond acceptors (Lipinski definition) is 4. The third kappa shape index (κ3) is 7.02. The van der Waals surface area contributed by atoms with Gasteiger partial charge in [0.1, 0.15) is 0 Å². The Balaban J connectivity index is 2.56. The van der Waals surface area contributed by atoms with Gasteiger partial charge in [-0.25, -0.2) is 0 Å². The van der Waals surface area contributed by atoms with Crippen LogP contribution in [0.15, 0.2) is 0 Å². The first kappa shape index (κ1) is 21.4. The molecule has 1 aliphatic heterocycles. The van der Waals surface area contributed by atoms with Crippen LogP contribution in [0.5, 0.6) is 0 Å². The number of rotatable bonds is 11. The molecule has 0 radical (unpaired) electrons. The molecule has 4 N–H and O–H groups in total. The van der Waals surface area contributed by atoms with Gasteiger partial charge < -0.3 is 21.1 Å². The van der Waals surface area contributed by atoms with Gasteiger partial charge in [0.2, 0.25) is 17.5 Å². The van der Waals surface area contributed by atoms with E-state index < -0.39 is 23.6 Å². The van der Waals surface area contributed by atoms with E-state index in [-0.39, 0.29) is 18.7 Å². The fourth-order valence-corrected chi connectivity index (χ4v) is 2.91. The lowest BCUT2D eigenvalue weighted by molar-refractivity contribution is -0.159. The van der Waals surface area contributed by atoms with E-state index in [2.05, 4.69) is 22.9 Å². The second-order valence-corrected chi connectivity index (χ2v) is 6.75. The normalized spacial score (nSPS) is 23.0. The van der Waals surface area contributed by atoms with Crippen LogP contribution in [0.25, 0.3) is 0 Å². The second kappa shape index (κ2) is 11.1. The first-order valence-corrected chi connectivity index (χ1v) is 9.55. The van der Waals surface area contributed by atoms with Crippen molar-refractivity contribution in [1.82, 2.24) is 16.0 Å². The first-order valence-electron chi connectivity index (χ1n) is 9.55. The van der Waals surface area contributed by atoms with Gasteiger partial charge in [0.15, 0.2) is 0 Å². The van der Waals surface area contributed by atoms with Crippen LogP contribution in [0, 0.1) is 0 Å². The lowest BCUT2D eigenvalue weighted by Gasteiger charge is -2.39. The van der Waals surface area contributed by atoms with Gasteiger partial charge in [0.25, 0.3) is 5.91 Å². The van der Waals surface area contributed by atoms with Crippen molar-refractivity contribution in [2.24, 2.45) is 0 Å². The number of piperidine rings is 1. The summed E-state index contributed by atoms with van der Waals surface area (Å²) < 4.78 is 0. The average Bonchev–Trinajstić information content (AvgIpc) is 2.57. The maximum Gasteiger partial charge on any atom is 0.275 e. The summed E-state index contributed by atoms with van der Waals surface area (Å²) in [7, 11) is 0. The summed E-state index contributed by atoms with van der Waals surface area (Å²) in [6.45, 7) is 4.55. The highest BCUT2D eigenvalue weighted by atomic mass is 16.3. The van der Waals surface area contributed by atoms with Crippen LogP contribution >= 0.6 is 0 Å². The zero-order valence-corrected chi connectivity index (χ0v) is 15.5. The minimum atomic E-state index is -2.08. The van der Waals surface area contributed by atoms with Crippen molar-refractivity contribution in [3.05, 3.63) is 0 Å². The monoisotopic (exact) mass is 355 g/mol. The molecule has 1 saturated heterocycles. The molecule has 0 aromatic carbocycles. The molecule has 0 aliphatic carbocycles. The van der Waals surface area contributed by atoms with E-state index in [1.807, 2.05) is 6.92 Å². The predicted octanol–water partition coefficient (Wildman–Crippen LogP) is 1.35. The van der Waals surface area contributed by atoms with Gasteiger partial charge in [0.05, 0.1) is 6.04 Å². The van der Waals surface area contributed by atoms with Crippen molar-refractivity contribution in [3.63, 3.8) is 0 Å². The smallest absolute Gasteiger partial charge is 0.275 e. The van der Waals surface area contributed by atoms with E-state index >= 15 is 0 Å². The molecular weight excluding hydrogens is 322 g/mol. The predicted molar refractivity (Wildman–Crippen MR) is 95.6 cm³/mol. The number of carbonyl (C=O) groups is 3. The van der Waals surface area contributed by atoms with E-state index in [0.717, 1.165) is 44.9 Å². The van der Waals surface area contributed by atoms with Gasteiger partial charge in [-0.3, -0.25) is 14.4 Å². The number of aliphatic hydroxyl groups is 1. The standard InChI is InChI=1S/C18H33N3O4/c1-3-5-7-8-9-10-15(22)20-14-11-12-16(23)21-18(14,25)17(24)19-13-6-4-2/h14,25H,3-13H2,1-2H3,(H,19,24)(H,20,22)(H,21,23)/t14-,18?/m1/s1. The number of amides is 3. The highest BCUT2D eigenvalue weighted by Gasteiger charge is 2.48. The highest BCUT2D eigenvalue weighted by Crippen LogP contribution is 2.19. The first-order chi connectivity index (χ1) is 11.9. The molecule has 25 heavy (non-hydrogen) atoms. The minimum absolute atomic E-state index is 0.173. The molecule has 0 spiro atoms. The van der Waals surface area contributed by atoms with Crippen molar-refractivity contribution in [1.29, 1.82) is 0 Å². The molecule has 7 nitrogen and oxygen atoms in total. The van der Waals surface area contributed by atoms with Crippen LogP contribution in [-0.2, 0) is 14.4 Å². The summed E-state index contributed by atoms with van der Waals surface area (Å²) in [4.78, 5) is 36.1. The Bertz CT molecular complexity index is 456. The molecule has 3 amide bonds. The zero-order valence-electron chi connectivity index (χ0n) is 15.5. The van der Waals surface area contributed by atoms with Gasteiger partial charge >= 0.3 is 0 Å². The summed E-state index contributed by atoms with van der Waals surface area (Å²) in [5.41, 5.74) is -2.08.